The number of rotatable bonds is 5. The van der Waals surface area contributed by atoms with Crippen molar-refractivity contribution >= 4 is 11.0 Å². The Labute approximate surface area is 112 Å². The molecule has 1 fully saturated rings. The van der Waals surface area contributed by atoms with Gasteiger partial charge in [0.15, 0.2) is 0 Å². The summed E-state index contributed by atoms with van der Waals surface area (Å²) in [7, 11) is 1.76. The minimum atomic E-state index is -0.153. The third-order valence-corrected chi connectivity index (χ3v) is 3.79. The molecule has 3 rings (SSSR count). The Hall–Kier alpha value is -1.36. The number of benzene rings is 1. The van der Waals surface area contributed by atoms with E-state index in [2.05, 4.69) is 17.4 Å². The summed E-state index contributed by atoms with van der Waals surface area (Å²) >= 11 is 0. The molecule has 0 aliphatic carbocycles. The highest BCUT2D eigenvalue weighted by atomic mass is 16.5. The zero-order valence-corrected chi connectivity index (χ0v) is 11.1. The molecule has 0 saturated carbocycles. The summed E-state index contributed by atoms with van der Waals surface area (Å²) < 4.78 is 16.4. The lowest BCUT2D eigenvalue weighted by atomic mass is 10.0. The van der Waals surface area contributed by atoms with Crippen molar-refractivity contribution in [2.75, 3.05) is 26.9 Å². The van der Waals surface area contributed by atoms with E-state index in [1.807, 2.05) is 12.1 Å². The molecule has 19 heavy (non-hydrogen) atoms. The number of ether oxygens (including phenoxy) is 2. The number of hydrogen-bond donors (Lipinski definition) is 1. The fourth-order valence-corrected chi connectivity index (χ4v) is 2.52. The van der Waals surface area contributed by atoms with Gasteiger partial charge in [0, 0.05) is 38.6 Å². The van der Waals surface area contributed by atoms with Gasteiger partial charge in [-0.3, -0.25) is 0 Å². The minimum Gasteiger partial charge on any atom is -0.464 e. The van der Waals surface area contributed by atoms with Crippen LogP contribution in [0.15, 0.2) is 34.9 Å². The third-order valence-electron chi connectivity index (χ3n) is 3.79. The van der Waals surface area contributed by atoms with Crippen LogP contribution in [-0.4, -0.2) is 32.5 Å². The summed E-state index contributed by atoms with van der Waals surface area (Å²) in [5, 5.41) is 4.60. The number of hydrogen-bond acceptors (Lipinski definition) is 4. The average Bonchev–Trinajstić information content (AvgIpc) is 3.07. The molecule has 1 saturated heterocycles. The highest BCUT2D eigenvalue weighted by molar-refractivity contribution is 5.77. The van der Waals surface area contributed by atoms with Crippen molar-refractivity contribution in [1.29, 1.82) is 0 Å². The second-order valence-electron chi connectivity index (χ2n) is 5.09. The van der Waals surface area contributed by atoms with E-state index in [0.717, 1.165) is 37.1 Å². The Morgan fingerprint density at radius 2 is 2.32 bits per heavy atom. The van der Waals surface area contributed by atoms with Crippen LogP contribution in [0.25, 0.3) is 11.0 Å². The van der Waals surface area contributed by atoms with Gasteiger partial charge >= 0.3 is 0 Å². The van der Waals surface area contributed by atoms with Crippen LogP contribution in [0.5, 0.6) is 0 Å². The number of methoxy groups -OCH3 is 1. The first kappa shape index (κ1) is 12.7. The highest BCUT2D eigenvalue weighted by Gasteiger charge is 2.34. The molecule has 0 amide bonds. The van der Waals surface area contributed by atoms with Gasteiger partial charge in [0.2, 0.25) is 0 Å². The summed E-state index contributed by atoms with van der Waals surface area (Å²) in [5.74, 6) is 0. The normalized spacial score (nSPS) is 23.2. The van der Waals surface area contributed by atoms with Gasteiger partial charge in [-0.1, -0.05) is 6.07 Å². The van der Waals surface area contributed by atoms with Crippen LogP contribution < -0.4 is 5.32 Å². The average molecular weight is 261 g/mol. The van der Waals surface area contributed by atoms with Gasteiger partial charge in [0.25, 0.3) is 0 Å². The first-order valence-corrected chi connectivity index (χ1v) is 6.61. The topological polar surface area (TPSA) is 43.6 Å². The zero-order chi connectivity index (χ0) is 13.1. The second-order valence-corrected chi connectivity index (χ2v) is 5.09. The summed E-state index contributed by atoms with van der Waals surface area (Å²) in [5.41, 5.74) is 2.03. The fourth-order valence-electron chi connectivity index (χ4n) is 2.52. The van der Waals surface area contributed by atoms with E-state index in [9.17, 15) is 0 Å². The first-order chi connectivity index (χ1) is 9.31. The highest BCUT2D eigenvalue weighted by Crippen LogP contribution is 2.22. The molecule has 1 aliphatic rings. The maximum absolute atomic E-state index is 5.59. The zero-order valence-electron chi connectivity index (χ0n) is 11.1. The Kier molecular flexibility index (Phi) is 3.55. The summed E-state index contributed by atoms with van der Waals surface area (Å²) in [4.78, 5) is 0. The molecule has 1 aliphatic heterocycles. The van der Waals surface area contributed by atoms with Crippen molar-refractivity contribution in [3.8, 4) is 0 Å². The lowest BCUT2D eigenvalue weighted by Crippen LogP contribution is -2.42. The molecular weight excluding hydrogens is 242 g/mol. The van der Waals surface area contributed by atoms with Crippen LogP contribution in [0.2, 0.25) is 0 Å². The standard InChI is InChI=1S/C15H19NO3/c1-17-15(5-7-18-11-15)10-16-9-12-2-3-14-13(8-12)4-6-19-14/h2-4,6,8,16H,5,7,9-11H2,1H3. The van der Waals surface area contributed by atoms with Crippen LogP contribution in [0.1, 0.15) is 12.0 Å². The number of furan rings is 1. The third kappa shape index (κ3) is 2.66. The lowest BCUT2D eigenvalue weighted by Gasteiger charge is -2.26. The summed E-state index contributed by atoms with van der Waals surface area (Å²) in [6.07, 6.45) is 2.68. The molecule has 1 unspecified atom stereocenters. The van der Waals surface area contributed by atoms with Crippen molar-refractivity contribution in [3.05, 3.63) is 36.1 Å². The molecule has 0 bridgehead atoms. The summed E-state index contributed by atoms with van der Waals surface area (Å²) in [6, 6.07) is 8.23. The van der Waals surface area contributed by atoms with Crippen molar-refractivity contribution in [2.45, 2.75) is 18.6 Å². The van der Waals surface area contributed by atoms with Crippen LogP contribution in [0, 0.1) is 0 Å². The molecule has 1 N–H and O–H groups in total. The molecule has 2 aromatic rings. The van der Waals surface area contributed by atoms with E-state index < -0.39 is 0 Å². The van der Waals surface area contributed by atoms with Crippen LogP contribution in [0.3, 0.4) is 0 Å². The van der Waals surface area contributed by atoms with Crippen molar-refractivity contribution in [1.82, 2.24) is 5.32 Å². The predicted octanol–water partition coefficient (Wildman–Crippen LogP) is 2.33. The molecular formula is C15H19NO3. The van der Waals surface area contributed by atoms with Gasteiger partial charge in [0.1, 0.15) is 11.2 Å². The van der Waals surface area contributed by atoms with E-state index in [-0.39, 0.29) is 5.60 Å². The van der Waals surface area contributed by atoms with Gasteiger partial charge in [-0.25, -0.2) is 0 Å². The van der Waals surface area contributed by atoms with Crippen molar-refractivity contribution < 1.29 is 13.9 Å². The van der Waals surface area contributed by atoms with Gasteiger partial charge in [-0.15, -0.1) is 0 Å². The minimum absolute atomic E-state index is 0.153. The lowest BCUT2D eigenvalue weighted by molar-refractivity contribution is -0.0159. The molecule has 1 aromatic heterocycles. The van der Waals surface area contributed by atoms with Gasteiger partial charge in [-0.05, 0) is 23.8 Å². The van der Waals surface area contributed by atoms with Crippen molar-refractivity contribution in [2.24, 2.45) is 0 Å². The molecule has 1 aromatic carbocycles. The van der Waals surface area contributed by atoms with Crippen molar-refractivity contribution in [3.63, 3.8) is 0 Å². The van der Waals surface area contributed by atoms with Gasteiger partial charge in [0.05, 0.1) is 12.9 Å². The van der Waals surface area contributed by atoms with Gasteiger partial charge < -0.3 is 19.2 Å². The Bertz CT molecular complexity index is 543. The van der Waals surface area contributed by atoms with Crippen LogP contribution in [-0.2, 0) is 16.0 Å². The number of fused-ring (bicyclic) bond motifs is 1. The monoisotopic (exact) mass is 261 g/mol. The van der Waals surface area contributed by atoms with E-state index in [1.165, 1.54) is 5.56 Å². The maximum atomic E-state index is 5.59. The fraction of sp³-hybridized carbons (Fsp3) is 0.467. The smallest absolute Gasteiger partial charge is 0.133 e. The molecule has 0 spiro atoms. The van der Waals surface area contributed by atoms with E-state index in [4.69, 9.17) is 13.9 Å². The Balaban J connectivity index is 1.59. The van der Waals surface area contributed by atoms with E-state index in [0.29, 0.717) is 6.61 Å². The molecule has 4 heteroatoms. The van der Waals surface area contributed by atoms with Crippen LogP contribution in [0.4, 0.5) is 0 Å². The number of nitrogens with one attached hydrogen (secondary N) is 1. The Morgan fingerprint density at radius 1 is 1.37 bits per heavy atom. The SMILES string of the molecule is COC1(CNCc2ccc3occc3c2)CCOC1. The second kappa shape index (κ2) is 5.33. The van der Waals surface area contributed by atoms with E-state index in [1.54, 1.807) is 13.4 Å². The molecule has 1 atom stereocenters. The Morgan fingerprint density at radius 3 is 3.11 bits per heavy atom. The summed E-state index contributed by atoms with van der Waals surface area (Å²) in [6.45, 7) is 3.10. The quantitative estimate of drug-likeness (QED) is 0.897. The van der Waals surface area contributed by atoms with Gasteiger partial charge in [-0.2, -0.15) is 0 Å². The molecule has 4 nitrogen and oxygen atoms in total. The maximum Gasteiger partial charge on any atom is 0.133 e. The molecule has 2 heterocycles. The van der Waals surface area contributed by atoms with Crippen LogP contribution >= 0.6 is 0 Å². The first-order valence-electron chi connectivity index (χ1n) is 6.61. The molecule has 0 radical (unpaired) electrons. The predicted molar refractivity (Wildman–Crippen MR) is 73.1 cm³/mol. The largest absolute Gasteiger partial charge is 0.464 e. The molecule has 102 valence electrons. The van der Waals surface area contributed by atoms with E-state index >= 15 is 0 Å².